The van der Waals surface area contributed by atoms with Crippen molar-refractivity contribution in [3.8, 4) is 0 Å². The second kappa shape index (κ2) is 11.0. The maximum absolute atomic E-state index is 13.4. The minimum atomic E-state index is -1.06. The van der Waals surface area contributed by atoms with Crippen molar-refractivity contribution in [1.29, 1.82) is 0 Å². The number of carboxylic acids is 1. The van der Waals surface area contributed by atoms with Gasteiger partial charge in [0.1, 0.15) is 5.54 Å². The summed E-state index contributed by atoms with van der Waals surface area (Å²) in [4.78, 5) is 54.9. The second-order valence-corrected chi connectivity index (χ2v) is 11.3. The van der Waals surface area contributed by atoms with Gasteiger partial charge < -0.3 is 26.0 Å². The van der Waals surface area contributed by atoms with Gasteiger partial charge >= 0.3 is 5.97 Å². The number of aryl methyl sites for hydroxylation is 1. The molecule has 0 unspecified atom stereocenters. The first-order valence-electron chi connectivity index (χ1n) is 14.3. The molecule has 3 amide bonds. The number of anilines is 2. The van der Waals surface area contributed by atoms with E-state index < -0.39 is 11.5 Å². The van der Waals surface area contributed by atoms with Gasteiger partial charge in [0.25, 0.3) is 11.8 Å². The van der Waals surface area contributed by atoms with Gasteiger partial charge in [0.2, 0.25) is 5.91 Å². The van der Waals surface area contributed by atoms with E-state index in [9.17, 15) is 24.3 Å². The van der Waals surface area contributed by atoms with Gasteiger partial charge in [0.15, 0.2) is 0 Å². The molecule has 1 spiro atoms. The molecule has 0 bridgehead atoms. The van der Waals surface area contributed by atoms with Crippen molar-refractivity contribution in [3.05, 3.63) is 94.5 Å². The second-order valence-electron chi connectivity index (χ2n) is 11.3. The summed E-state index contributed by atoms with van der Waals surface area (Å²) in [6.07, 6.45) is 1.18. The molecule has 220 valence electrons. The largest absolute Gasteiger partial charge is 0.478 e. The molecule has 6 rings (SSSR count). The molecule has 2 saturated heterocycles. The van der Waals surface area contributed by atoms with Crippen molar-refractivity contribution in [3.63, 3.8) is 0 Å². The number of aromatic carboxylic acids is 1. The average molecular weight is 580 g/mol. The lowest BCUT2D eigenvalue weighted by atomic mass is 9.83. The molecule has 10 heteroatoms. The predicted octanol–water partition coefficient (Wildman–Crippen LogP) is 3.66. The summed E-state index contributed by atoms with van der Waals surface area (Å²) in [6.45, 7) is 4.15. The maximum Gasteiger partial charge on any atom is 0.336 e. The van der Waals surface area contributed by atoms with E-state index in [1.54, 1.807) is 42.2 Å². The number of nitrogens with one attached hydrogen (secondary N) is 3. The smallest absolute Gasteiger partial charge is 0.336 e. The highest BCUT2D eigenvalue weighted by atomic mass is 16.4. The number of piperazine rings is 1. The first-order chi connectivity index (χ1) is 20.7. The van der Waals surface area contributed by atoms with E-state index in [-0.39, 0.29) is 23.3 Å². The van der Waals surface area contributed by atoms with Crippen molar-refractivity contribution in [1.82, 2.24) is 15.1 Å². The van der Waals surface area contributed by atoms with Gasteiger partial charge in [-0.25, -0.2) is 4.79 Å². The molecule has 3 aromatic carbocycles. The molecule has 3 heterocycles. The van der Waals surface area contributed by atoms with Gasteiger partial charge in [0, 0.05) is 43.0 Å². The van der Waals surface area contributed by atoms with Crippen LogP contribution < -0.4 is 16.0 Å². The van der Waals surface area contributed by atoms with Crippen LogP contribution >= 0.6 is 0 Å². The van der Waals surface area contributed by atoms with Crippen LogP contribution in [0.25, 0.3) is 11.3 Å². The Bertz CT molecular complexity index is 1660. The minimum Gasteiger partial charge on any atom is -0.478 e. The topological polar surface area (TPSA) is 131 Å². The molecule has 3 aromatic rings. The SMILES string of the molecule is Cc1cc2c(cc1C(=O)O)NC(=O)C2=C(Nc1ccc(C(=O)N2CCC3(CC2)C(=O)NCCN3C)cc1)c1ccccc1. The first-order valence-corrected chi connectivity index (χ1v) is 14.3. The molecular weight excluding hydrogens is 546 g/mol. The van der Waals surface area contributed by atoms with Crippen molar-refractivity contribution in [2.45, 2.75) is 25.3 Å². The number of likely N-dealkylation sites (tertiary alicyclic amines) is 1. The molecule has 0 aliphatic carbocycles. The number of rotatable bonds is 5. The zero-order valence-corrected chi connectivity index (χ0v) is 24.1. The fraction of sp³-hybridized carbons (Fsp3) is 0.273. The monoisotopic (exact) mass is 579 g/mol. The van der Waals surface area contributed by atoms with Gasteiger partial charge in [-0.2, -0.15) is 0 Å². The van der Waals surface area contributed by atoms with Crippen LogP contribution in [0.5, 0.6) is 0 Å². The third-order valence-corrected chi connectivity index (χ3v) is 8.82. The summed E-state index contributed by atoms with van der Waals surface area (Å²) in [6, 6.07) is 19.8. The Morgan fingerprint density at radius 3 is 2.28 bits per heavy atom. The van der Waals surface area contributed by atoms with Gasteiger partial charge in [-0.3, -0.25) is 19.3 Å². The number of carboxylic acid groups (broad SMARTS) is 1. The summed E-state index contributed by atoms with van der Waals surface area (Å²) in [7, 11) is 1.98. The summed E-state index contributed by atoms with van der Waals surface area (Å²) >= 11 is 0. The minimum absolute atomic E-state index is 0.0446. The van der Waals surface area contributed by atoms with Crippen LogP contribution in [0.2, 0.25) is 0 Å². The lowest BCUT2D eigenvalue weighted by molar-refractivity contribution is -0.139. The summed E-state index contributed by atoms with van der Waals surface area (Å²) in [5.41, 5.74) is 4.16. The zero-order chi connectivity index (χ0) is 30.3. The van der Waals surface area contributed by atoms with Gasteiger partial charge in [0.05, 0.1) is 22.5 Å². The molecule has 0 saturated carbocycles. The highest BCUT2D eigenvalue weighted by Gasteiger charge is 2.47. The Balaban J connectivity index is 1.26. The molecule has 0 radical (unpaired) electrons. The number of piperidine rings is 1. The fourth-order valence-corrected chi connectivity index (χ4v) is 6.29. The number of amides is 3. The lowest BCUT2D eigenvalue weighted by Gasteiger charge is -2.48. The normalized spacial score (nSPS) is 19.0. The quantitative estimate of drug-likeness (QED) is 0.340. The average Bonchev–Trinajstić information content (AvgIpc) is 3.33. The van der Waals surface area contributed by atoms with Gasteiger partial charge in [-0.1, -0.05) is 30.3 Å². The fourth-order valence-electron chi connectivity index (χ4n) is 6.29. The van der Waals surface area contributed by atoms with Crippen molar-refractivity contribution in [2.75, 3.05) is 43.9 Å². The van der Waals surface area contributed by atoms with Crippen LogP contribution in [0.3, 0.4) is 0 Å². The highest BCUT2D eigenvalue weighted by Crippen LogP contribution is 2.39. The molecule has 2 fully saturated rings. The third-order valence-electron chi connectivity index (χ3n) is 8.82. The Morgan fingerprint density at radius 1 is 0.930 bits per heavy atom. The van der Waals surface area contributed by atoms with Gasteiger partial charge in [-0.05, 0) is 74.3 Å². The predicted molar refractivity (Wildman–Crippen MR) is 164 cm³/mol. The Labute approximate surface area is 249 Å². The van der Waals surface area contributed by atoms with Crippen LogP contribution in [-0.4, -0.2) is 77.4 Å². The molecule has 0 aromatic heterocycles. The number of fused-ring (bicyclic) bond motifs is 1. The van der Waals surface area contributed by atoms with E-state index in [0.29, 0.717) is 71.8 Å². The van der Waals surface area contributed by atoms with Crippen LogP contribution in [0, 0.1) is 6.92 Å². The summed E-state index contributed by atoms with van der Waals surface area (Å²) < 4.78 is 0. The zero-order valence-electron chi connectivity index (χ0n) is 24.1. The van der Waals surface area contributed by atoms with Crippen molar-refractivity contribution in [2.24, 2.45) is 0 Å². The molecule has 3 aliphatic rings. The molecule has 4 N–H and O–H groups in total. The van der Waals surface area contributed by atoms with E-state index >= 15 is 0 Å². The van der Waals surface area contributed by atoms with Crippen molar-refractivity contribution < 1.29 is 24.3 Å². The Kier molecular flexibility index (Phi) is 7.23. The van der Waals surface area contributed by atoms with E-state index in [1.165, 1.54) is 6.07 Å². The van der Waals surface area contributed by atoms with Crippen LogP contribution in [0.15, 0.2) is 66.7 Å². The van der Waals surface area contributed by atoms with Crippen molar-refractivity contribution >= 4 is 46.3 Å². The van der Waals surface area contributed by atoms with Gasteiger partial charge in [-0.15, -0.1) is 0 Å². The number of hydrogen-bond acceptors (Lipinski definition) is 6. The van der Waals surface area contributed by atoms with E-state index in [0.717, 1.165) is 12.1 Å². The molecular formula is C33H33N5O5. The molecule has 0 atom stereocenters. The third kappa shape index (κ3) is 5.03. The summed E-state index contributed by atoms with van der Waals surface area (Å²) in [5, 5.41) is 18.7. The Hall–Kier alpha value is -4.96. The summed E-state index contributed by atoms with van der Waals surface area (Å²) in [5.74, 6) is -1.44. The molecule has 10 nitrogen and oxygen atoms in total. The molecule has 3 aliphatic heterocycles. The Morgan fingerprint density at radius 2 is 1.63 bits per heavy atom. The van der Waals surface area contributed by atoms with Crippen LogP contribution in [0.4, 0.5) is 11.4 Å². The van der Waals surface area contributed by atoms with E-state index in [4.69, 9.17) is 0 Å². The number of carbonyl (C=O) groups is 4. The van der Waals surface area contributed by atoms with Crippen LogP contribution in [0.1, 0.15) is 50.2 Å². The number of carbonyl (C=O) groups excluding carboxylic acids is 3. The van der Waals surface area contributed by atoms with E-state index in [1.807, 2.05) is 37.4 Å². The number of nitrogens with zero attached hydrogens (tertiary/aromatic N) is 2. The number of likely N-dealkylation sites (N-methyl/N-ethyl adjacent to an activating group) is 1. The van der Waals surface area contributed by atoms with E-state index in [2.05, 4.69) is 20.9 Å². The lowest BCUT2D eigenvalue weighted by Crippen LogP contribution is -2.67. The number of hydrogen-bond donors (Lipinski definition) is 4. The maximum atomic E-state index is 13.4. The first kappa shape index (κ1) is 28.2. The number of benzene rings is 3. The highest BCUT2D eigenvalue weighted by molar-refractivity contribution is 6.37. The standard InChI is InChI=1S/C33H33N5O5/c1-20-18-25-26(19-24(20)31(41)42)36-29(39)27(25)28(21-6-4-3-5-7-21)35-23-10-8-22(9-11-23)30(40)38-15-12-33(13-16-38)32(43)34-14-17-37(33)2/h3-11,18-19,35H,12-17H2,1-2H3,(H,34,43)(H,36,39)(H,41,42). The molecule has 43 heavy (non-hydrogen) atoms. The van der Waals surface area contributed by atoms with Crippen LogP contribution in [-0.2, 0) is 9.59 Å².